The maximum Gasteiger partial charge on any atom is 0.408 e. The molecule has 132 valence electrons. The molecule has 4 rings (SSSR count). The van der Waals surface area contributed by atoms with Gasteiger partial charge in [0.15, 0.2) is 6.10 Å². The second-order valence-corrected chi connectivity index (χ2v) is 6.81. The van der Waals surface area contributed by atoms with Gasteiger partial charge in [0.05, 0.1) is 0 Å². The Morgan fingerprint density at radius 2 is 2.12 bits per heavy atom. The molecule has 26 heavy (non-hydrogen) atoms. The average Bonchev–Trinajstić information content (AvgIpc) is 2.99. The minimum absolute atomic E-state index is 0.363. The molecule has 5 heteroatoms. The normalized spacial score (nSPS) is 22.0. The van der Waals surface area contributed by atoms with Crippen LogP contribution < -0.4 is 5.32 Å². The summed E-state index contributed by atoms with van der Waals surface area (Å²) in [5, 5.41) is 2.79. The van der Waals surface area contributed by atoms with E-state index in [4.69, 9.17) is 4.74 Å². The Labute approximate surface area is 151 Å². The van der Waals surface area contributed by atoms with E-state index in [1.165, 1.54) is 31.4 Å². The minimum Gasteiger partial charge on any atom is -0.439 e. The second-order valence-electron chi connectivity index (χ2n) is 6.81. The van der Waals surface area contributed by atoms with Gasteiger partial charge in [0, 0.05) is 24.4 Å². The number of pyridine rings is 1. The molecule has 1 saturated carbocycles. The van der Waals surface area contributed by atoms with Gasteiger partial charge in [-0.15, -0.1) is 0 Å². The van der Waals surface area contributed by atoms with Crippen LogP contribution in [0.3, 0.4) is 0 Å². The van der Waals surface area contributed by atoms with E-state index in [9.17, 15) is 9.18 Å². The Bertz CT molecular complexity index is 883. The van der Waals surface area contributed by atoms with Crippen LogP contribution in [0.1, 0.15) is 54.5 Å². The predicted octanol–water partition coefficient (Wildman–Crippen LogP) is 4.28. The monoisotopic (exact) mass is 350 g/mol. The molecule has 1 N–H and O–H groups in total. The highest BCUT2D eigenvalue weighted by molar-refractivity contribution is 5.71. The fourth-order valence-corrected chi connectivity index (χ4v) is 3.31. The molecule has 2 fully saturated rings. The number of halogens is 1. The molecular weight excluding hydrogens is 331 g/mol. The largest absolute Gasteiger partial charge is 0.439 e. The van der Waals surface area contributed by atoms with Gasteiger partial charge in [-0.2, -0.15) is 0 Å². The Balaban J connectivity index is 1.56. The maximum absolute atomic E-state index is 13.6. The smallest absolute Gasteiger partial charge is 0.408 e. The number of hydrogen-bond donors (Lipinski definition) is 1. The van der Waals surface area contributed by atoms with Crippen molar-refractivity contribution >= 4 is 6.09 Å². The summed E-state index contributed by atoms with van der Waals surface area (Å²) in [6.07, 6.45) is 7.05. The number of carbonyl (C=O) groups excluding carboxylic acids is 1. The zero-order valence-electron chi connectivity index (χ0n) is 14.2. The molecule has 2 atom stereocenters. The van der Waals surface area contributed by atoms with Crippen LogP contribution in [-0.2, 0) is 4.74 Å². The zero-order chi connectivity index (χ0) is 17.9. The topological polar surface area (TPSA) is 51.2 Å². The molecule has 1 aliphatic heterocycles. The highest BCUT2D eigenvalue weighted by Crippen LogP contribution is 2.36. The van der Waals surface area contributed by atoms with Crippen molar-refractivity contribution in [2.24, 2.45) is 5.92 Å². The third-order valence-corrected chi connectivity index (χ3v) is 4.95. The van der Waals surface area contributed by atoms with Gasteiger partial charge in [-0.3, -0.25) is 4.98 Å². The van der Waals surface area contributed by atoms with Crippen LogP contribution in [0.2, 0.25) is 0 Å². The van der Waals surface area contributed by atoms with Gasteiger partial charge < -0.3 is 10.1 Å². The van der Waals surface area contributed by atoms with Crippen LogP contribution in [0.4, 0.5) is 9.18 Å². The number of ether oxygens (including phenoxy) is 1. The highest BCUT2D eigenvalue weighted by Gasteiger charge is 2.36. The molecule has 0 bridgehead atoms. The lowest BCUT2D eigenvalue weighted by molar-refractivity contribution is 0.132. The number of aromatic nitrogens is 1. The Kier molecular flexibility index (Phi) is 4.57. The standard InChI is InChI=1S/C21H19FN2O2/c22-18-9-3-8-16(11-18)20-19(24-21(25)26-20)17-10-15(12-23-13-17)7-2-6-14-4-1-5-14/h3,8-14,19-20H,1,4-6H2,(H,24,25)/t19-,20-/m1/s1. The van der Waals surface area contributed by atoms with Crippen molar-refractivity contribution in [1.82, 2.24) is 10.3 Å². The summed E-state index contributed by atoms with van der Waals surface area (Å²) in [4.78, 5) is 16.0. The summed E-state index contributed by atoms with van der Waals surface area (Å²) < 4.78 is 18.9. The van der Waals surface area contributed by atoms with Crippen LogP contribution in [0.15, 0.2) is 42.7 Å². The molecule has 1 aromatic carbocycles. The molecule has 1 aliphatic carbocycles. The first-order chi connectivity index (χ1) is 12.7. The zero-order valence-corrected chi connectivity index (χ0v) is 14.2. The number of hydrogen-bond acceptors (Lipinski definition) is 3. The first kappa shape index (κ1) is 16.6. The van der Waals surface area contributed by atoms with Crippen molar-refractivity contribution in [1.29, 1.82) is 0 Å². The fourth-order valence-electron chi connectivity index (χ4n) is 3.31. The van der Waals surface area contributed by atoms with Crippen molar-refractivity contribution in [2.45, 2.75) is 37.8 Å². The summed E-state index contributed by atoms with van der Waals surface area (Å²) in [6, 6.07) is 7.58. The minimum atomic E-state index is -0.599. The lowest BCUT2D eigenvalue weighted by Gasteiger charge is -2.22. The van der Waals surface area contributed by atoms with E-state index in [1.54, 1.807) is 24.5 Å². The number of cyclic esters (lactones) is 1. The number of rotatable bonds is 3. The van der Waals surface area contributed by atoms with E-state index in [2.05, 4.69) is 22.1 Å². The van der Waals surface area contributed by atoms with Gasteiger partial charge in [-0.05, 0) is 48.1 Å². The first-order valence-electron chi connectivity index (χ1n) is 8.85. The number of alkyl carbamates (subject to hydrolysis) is 1. The molecule has 4 nitrogen and oxygen atoms in total. The van der Waals surface area contributed by atoms with Gasteiger partial charge in [-0.25, -0.2) is 9.18 Å². The molecule has 2 heterocycles. The molecule has 2 aliphatic rings. The summed E-state index contributed by atoms with van der Waals surface area (Å²) in [7, 11) is 0. The van der Waals surface area contributed by atoms with Gasteiger partial charge in [0.2, 0.25) is 0 Å². The third kappa shape index (κ3) is 3.55. The molecule has 1 amide bonds. The SMILES string of the molecule is O=C1N[C@H](c2cncc(C#CCC3CCC3)c2)[C@@H](c2cccc(F)c2)O1. The van der Waals surface area contributed by atoms with Gasteiger partial charge >= 0.3 is 6.09 Å². The maximum atomic E-state index is 13.6. The van der Waals surface area contributed by atoms with Crippen molar-refractivity contribution in [3.05, 3.63) is 65.2 Å². The highest BCUT2D eigenvalue weighted by atomic mass is 19.1. The molecule has 0 unspecified atom stereocenters. The molecule has 1 aromatic heterocycles. The second kappa shape index (κ2) is 7.17. The molecular formula is C21H19FN2O2. The van der Waals surface area contributed by atoms with Crippen molar-refractivity contribution in [3.8, 4) is 11.8 Å². The van der Waals surface area contributed by atoms with Gasteiger partial charge in [-0.1, -0.05) is 30.4 Å². The fraction of sp³-hybridized carbons (Fsp3) is 0.333. The van der Waals surface area contributed by atoms with Gasteiger partial charge in [0.25, 0.3) is 0 Å². The van der Waals surface area contributed by atoms with E-state index in [0.717, 1.165) is 23.5 Å². The van der Waals surface area contributed by atoms with Crippen molar-refractivity contribution < 1.29 is 13.9 Å². The van der Waals surface area contributed by atoms with E-state index in [1.807, 2.05) is 6.07 Å². The van der Waals surface area contributed by atoms with Crippen LogP contribution in [0.25, 0.3) is 0 Å². The Morgan fingerprint density at radius 3 is 2.88 bits per heavy atom. The quantitative estimate of drug-likeness (QED) is 0.841. The van der Waals surface area contributed by atoms with E-state index in [-0.39, 0.29) is 5.82 Å². The molecule has 1 saturated heterocycles. The predicted molar refractivity (Wildman–Crippen MR) is 94.6 cm³/mol. The van der Waals surface area contributed by atoms with E-state index >= 15 is 0 Å². The van der Waals surface area contributed by atoms with Crippen LogP contribution in [-0.4, -0.2) is 11.1 Å². The lowest BCUT2D eigenvalue weighted by atomic mass is 9.83. The van der Waals surface area contributed by atoms with Crippen molar-refractivity contribution in [3.63, 3.8) is 0 Å². The van der Waals surface area contributed by atoms with Gasteiger partial charge in [0.1, 0.15) is 11.9 Å². The molecule has 0 spiro atoms. The number of amides is 1. The number of carbonyl (C=O) groups is 1. The number of benzene rings is 1. The molecule has 0 radical (unpaired) electrons. The summed E-state index contributed by atoms with van der Waals surface area (Å²) in [6.45, 7) is 0. The Morgan fingerprint density at radius 1 is 1.23 bits per heavy atom. The summed E-state index contributed by atoms with van der Waals surface area (Å²) in [5.74, 6) is 6.75. The van der Waals surface area contributed by atoms with E-state index < -0.39 is 18.2 Å². The van der Waals surface area contributed by atoms with E-state index in [0.29, 0.717) is 5.56 Å². The molecule has 2 aromatic rings. The number of nitrogens with zero attached hydrogens (tertiary/aromatic N) is 1. The number of nitrogens with one attached hydrogen (secondary N) is 1. The van der Waals surface area contributed by atoms with Crippen LogP contribution in [0.5, 0.6) is 0 Å². The Hall–Kier alpha value is -2.87. The average molecular weight is 350 g/mol. The van der Waals surface area contributed by atoms with Crippen LogP contribution in [0, 0.1) is 23.6 Å². The summed E-state index contributed by atoms with van der Waals surface area (Å²) in [5.41, 5.74) is 2.20. The van der Waals surface area contributed by atoms with Crippen molar-refractivity contribution in [2.75, 3.05) is 0 Å². The first-order valence-corrected chi connectivity index (χ1v) is 8.85. The lowest BCUT2D eigenvalue weighted by Crippen LogP contribution is -2.19. The van der Waals surface area contributed by atoms with Crippen LogP contribution >= 0.6 is 0 Å². The summed E-state index contributed by atoms with van der Waals surface area (Å²) >= 11 is 0. The third-order valence-electron chi connectivity index (χ3n) is 4.95.